The molecule has 0 saturated heterocycles. The Bertz CT molecular complexity index is 768. The van der Waals surface area contributed by atoms with Crippen LogP contribution in [0.15, 0.2) is 54.7 Å². The number of anilines is 1. The first-order valence-corrected chi connectivity index (χ1v) is 6.61. The van der Waals surface area contributed by atoms with Crippen molar-refractivity contribution in [1.29, 1.82) is 0 Å². The molecular formula is C16H13ClN2O. The quantitative estimate of drug-likeness (QED) is 0.756. The number of benzene rings is 2. The molecule has 3 nitrogen and oxygen atoms in total. The Morgan fingerprint density at radius 1 is 1.05 bits per heavy atom. The lowest BCUT2D eigenvalue weighted by Gasteiger charge is -2.15. The van der Waals surface area contributed by atoms with Crippen LogP contribution in [0.3, 0.4) is 0 Å². The molecule has 0 aliphatic rings. The molecule has 0 spiro atoms. The van der Waals surface area contributed by atoms with Gasteiger partial charge in [-0.1, -0.05) is 54.1 Å². The summed E-state index contributed by atoms with van der Waals surface area (Å²) in [6.45, 7) is 0. The number of nitrogens with two attached hydrogens (primary N) is 1. The number of aliphatic hydroxyl groups excluding tert-OH is 1. The van der Waals surface area contributed by atoms with Crippen molar-refractivity contribution in [1.82, 2.24) is 4.98 Å². The molecule has 0 amide bonds. The van der Waals surface area contributed by atoms with Crippen molar-refractivity contribution in [2.45, 2.75) is 6.10 Å². The van der Waals surface area contributed by atoms with Gasteiger partial charge in [-0.2, -0.15) is 0 Å². The van der Waals surface area contributed by atoms with E-state index in [4.69, 9.17) is 17.3 Å². The van der Waals surface area contributed by atoms with E-state index in [-0.39, 0.29) is 5.82 Å². The van der Waals surface area contributed by atoms with Gasteiger partial charge < -0.3 is 10.8 Å². The molecule has 0 bridgehead atoms. The molecule has 1 unspecified atom stereocenters. The second kappa shape index (κ2) is 5.12. The molecule has 3 rings (SSSR count). The smallest absolute Gasteiger partial charge is 0.129 e. The van der Waals surface area contributed by atoms with Gasteiger partial charge in [0.25, 0.3) is 0 Å². The zero-order valence-electron chi connectivity index (χ0n) is 10.6. The fraction of sp³-hybridized carbons (Fsp3) is 0.0625. The van der Waals surface area contributed by atoms with Gasteiger partial charge in [-0.25, -0.2) is 4.98 Å². The fourth-order valence-electron chi connectivity index (χ4n) is 2.34. The summed E-state index contributed by atoms with van der Waals surface area (Å²) in [6.07, 6.45) is 0.614. The van der Waals surface area contributed by atoms with Gasteiger partial charge in [-0.15, -0.1) is 0 Å². The minimum absolute atomic E-state index is 0.287. The van der Waals surface area contributed by atoms with E-state index in [0.717, 1.165) is 16.3 Å². The van der Waals surface area contributed by atoms with Crippen molar-refractivity contribution in [2.24, 2.45) is 0 Å². The van der Waals surface area contributed by atoms with E-state index >= 15 is 0 Å². The van der Waals surface area contributed by atoms with Crippen molar-refractivity contribution in [2.75, 3.05) is 5.73 Å². The average Bonchev–Trinajstić information content (AvgIpc) is 2.48. The van der Waals surface area contributed by atoms with Gasteiger partial charge in [-0.05, 0) is 22.4 Å². The number of fused-ring (bicyclic) bond motifs is 1. The monoisotopic (exact) mass is 284 g/mol. The van der Waals surface area contributed by atoms with Crippen LogP contribution in [0, 0.1) is 0 Å². The van der Waals surface area contributed by atoms with Crippen molar-refractivity contribution in [3.05, 3.63) is 70.9 Å². The van der Waals surface area contributed by atoms with Crippen molar-refractivity contribution in [3.8, 4) is 0 Å². The molecule has 0 radical (unpaired) electrons. The molecule has 1 aromatic heterocycles. The average molecular weight is 285 g/mol. The lowest BCUT2D eigenvalue weighted by Crippen LogP contribution is -2.06. The SMILES string of the molecule is Nc1ncc(Cl)cc1C(O)c1cccc2ccccc12. The first-order valence-electron chi connectivity index (χ1n) is 6.23. The second-order valence-electron chi connectivity index (χ2n) is 4.60. The van der Waals surface area contributed by atoms with Gasteiger partial charge >= 0.3 is 0 Å². The third kappa shape index (κ3) is 2.22. The van der Waals surface area contributed by atoms with Gasteiger partial charge in [0.2, 0.25) is 0 Å². The minimum Gasteiger partial charge on any atom is -0.383 e. The summed E-state index contributed by atoms with van der Waals surface area (Å²) >= 11 is 5.94. The molecule has 1 heterocycles. The molecule has 0 saturated carbocycles. The molecule has 4 heteroatoms. The maximum absolute atomic E-state index is 10.6. The van der Waals surface area contributed by atoms with Gasteiger partial charge in [0.1, 0.15) is 11.9 Å². The van der Waals surface area contributed by atoms with Crippen LogP contribution in [0.25, 0.3) is 10.8 Å². The molecule has 0 aliphatic carbocycles. The lowest BCUT2D eigenvalue weighted by molar-refractivity contribution is 0.222. The number of nitrogen functional groups attached to an aromatic ring is 1. The van der Waals surface area contributed by atoms with E-state index in [9.17, 15) is 5.11 Å². The number of hydrogen-bond acceptors (Lipinski definition) is 3. The third-order valence-electron chi connectivity index (χ3n) is 3.33. The van der Waals surface area contributed by atoms with Crippen LogP contribution in [-0.2, 0) is 0 Å². The number of aliphatic hydroxyl groups is 1. The molecule has 2 aromatic carbocycles. The largest absolute Gasteiger partial charge is 0.383 e. The molecule has 0 fully saturated rings. The van der Waals surface area contributed by atoms with Gasteiger partial charge in [0.15, 0.2) is 0 Å². The van der Waals surface area contributed by atoms with E-state index in [1.807, 2.05) is 42.5 Å². The summed E-state index contributed by atoms with van der Waals surface area (Å²) in [5, 5.41) is 13.1. The molecule has 20 heavy (non-hydrogen) atoms. The molecule has 3 aromatic rings. The van der Waals surface area contributed by atoms with Crippen LogP contribution in [0.1, 0.15) is 17.2 Å². The number of aromatic nitrogens is 1. The second-order valence-corrected chi connectivity index (χ2v) is 5.04. The summed E-state index contributed by atoms with van der Waals surface area (Å²) < 4.78 is 0. The number of halogens is 1. The number of hydrogen-bond donors (Lipinski definition) is 2. The predicted molar refractivity (Wildman–Crippen MR) is 81.7 cm³/mol. The highest BCUT2D eigenvalue weighted by Crippen LogP contribution is 2.31. The Balaban J connectivity index is 2.17. The zero-order valence-corrected chi connectivity index (χ0v) is 11.4. The molecule has 3 N–H and O–H groups in total. The van der Waals surface area contributed by atoms with Crippen LogP contribution in [0.5, 0.6) is 0 Å². The van der Waals surface area contributed by atoms with Gasteiger partial charge in [-0.3, -0.25) is 0 Å². The highest BCUT2D eigenvalue weighted by Gasteiger charge is 2.17. The Morgan fingerprint density at radius 2 is 1.80 bits per heavy atom. The van der Waals surface area contributed by atoms with E-state index in [2.05, 4.69) is 4.98 Å². The molecule has 1 atom stereocenters. The van der Waals surface area contributed by atoms with Crippen LogP contribution < -0.4 is 5.73 Å². The number of nitrogens with zero attached hydrogens (tertiary/aromatic N) is 1. The van der Waals surface area contributed by atoms with Crippen molar-refractivity contribution < 1.29 is 5.11 Å². The molecular weight excluding hydrogens is 272 g/mol. The summed E-state index contributed by atoms with van der Waals surface area (Å²) in [4.78, 5) is 3.99. The normalized spacial score (nSPS) is 12.5. The maximum atomic E-state index is 10.6. The minimum atomic E-state index is -0.854. The first kappa shape index (κ1) is 12.9. The Morgan fingerprint density at radius 3 is 2.65 bits per heavy atom. The summed E-state index contributed by atoms with van der Waals surface area (Å²) in [5.41, 5.74) is 7.15. The summed E-state index contributed by atoms with van der Waals surface area (Å²) in [6, 6.07) is 15.3. The fourth-order valence-corrected chi connectivity index (χ4v) is 2.51. The number of rotatable bonds is 2. The van der Waals surface area contributed by atoms with E-state index in [1.165, 1.54) is 6.20 Å². The number of pyridine rings is 1. The standard InChI is InChI=1S/C16H13ClN2O/c17-11-8-14(16(18)19-9-11)15(20)13-7-3-5-10-4-1-2-6-12(10)13/h1-9,15,20H,(H2,18,19). The zero-order chi connectivity index (χ0) is 14.1. The van der Waals surface area contributed by atoms with Gasteiger partial charge in [0, 0.05) is 11.8 Å². The van der Waals surface area contributed by atoms with Gasteiger partial charge in [0.05, 0.1) is 5.02 Å². The van der Waals surface area contributed by atoms with E-state index < -0.39 is 6.10 Å². The Hall–Kier alpha value is -2.10. The van der Waals surface area contributed by atoms with Crippen molar-refractivity contribution >= 4 is 28.2 Å². The topological polar surface area (TPSA) is 59.1 Å². The highest BCUT2D eigenvalue weighted by molar-refractivity contribution is 6.30. The highest BCUT2D eigenvalue weighted by atomic mass is 35.5. The predicted octanol–water partition coefficient (Wildman–Crippen LogP) is 3.55. The third-order valence-corrected chi connectivity index (χ3v) is 3.54. The Labute approximate surface area is 121 Å². The Kier molecular flexibility index (Phi) is 3.30. The van der Waals surface area contributed by atoms with E-state index in [1.54, 1.807) is 6.07 Å². The van der Waals surface area contributed by atoms with Crippen LogP contribution in [0.4, 0.5) is 5.82 Å². The van der Waals surface area contributed by atoms with Crippen molar-refractivity contribution in [3.63, 3.8) is 0 Å². The lowest BCUT2D eigenvalue weighted by atomic mass is 9.96. The maximum Gasteiger partial charge on any atom is 0.129 e. The van der Waals surface area contributed by atoms with Crippen LogP contribution >= 0.6 is 11.6 Å². The summed E-state index contributed by atoms with van der Waals surface area (Å²) in [7, 11) is 0. The summed E-state index contributed by atoms with van der Waals surface area (Å²) in [5.74, 6) is 0.287. The van der Waals surface area contributed by atoms with Crippen LogP contribution in [0.2, 0.25) is 5.02 Å². The molecule has 0 aliphatic heterocycles. The molecule has 100 valence electrons. The first-order chi connectivity index (χ1) is 9.66. The van der Waals surface area contributed by atoms with E-state index in [0.29, 0.717) is 10.6 Å². The van der Waals surface area contributed by atoms with Crippen LogP contribution in [-0.4, -0.2) is 10.1 Å².